The third-order valence-corrected chi connectivity index (χ3v) is 4.11. The van der Waals surface area contributed by atoms with Crippen molar-refractivity contribution in [3.05, 3.63) is 27.7 Å². The van der Waals surface area contributed by atoms with Gasteiger partial charge in [0.25, 0.3) is 5.91 Å². The van der Waals surface area contributed by atoms with Gasteiger partial charge in [-0.15, -0.1) is 0 Å². The van der Waals surface area contributed by atoms with E-state index in [0.29, 0.717) is 18.6 Å². The van der Waals surface area contributed by atoms with Gasteiger partial charge in [-0.2, -0.15) is 5.10 Å². The van der Waals surface area contributed by atoms with E-state index in [1.807, 2.05) is 26.0 Å². The molecule has 0 bridgehead atoms. The first-order valence-corrected chi connectivity index (χ1v) is 6.70. The third-order valence-electron chi connectivity index (χ3n) is 2.86. The zero-order valence-electron chi connectivity index (χ0n) is 10.7. The fourth-order valence-electron chi connectivity index (χ4n) is 1.86. The van der Waals surface area contributed by atoms with Crippen molar-refractivity contribution in [2.24, 2.45) is 5.10 Å². The number of nitrogens with one attached hydrogen (secondary N) is 2. The molecule has 1 aliphatic heterocycles. The highest BCUT2D eigenvalue weighted by atomic mass is 79.9. The molecule has 0 unspecified atom stereocenters. The summed E-state index contributed by atoms with van der Waals surface area (Å²) in [5.41, 5.74) is 5.48. The van der Waals surface area contributed by atoms with Gasteiger partial charge in [0.1, 0.15) is 5.71 Å². The summed E-state index contributed by atoms with van der Waals surface area (Å²) in [6.45, 7) is 3.93. The number of amides is 2. The van der Waals surface area contributed by atoms with Gasteiger partial charge in [-0.1, -0.05) is 15.9 Å². The van der Waals surface area contributed by atoms with Crippen molar-refractivity contribution in [3.63, 3.8) is 0 Å². The topological polar surface area (TPSA) is 70.6 Å². The zero-order chi connectivity index (χ0) is 14.0. The summed E-state index contributed by atoms with van der Waals surface area (Å²) in [4.78, 5) is 22.9. The van der Waals surface area contributed by atoms with E-state index in [9.17, 15) is 9.59 Å². The molecule has 6 heteroatoms. The van der Waals surface area contributed by atoms with Gasteiger partial charge in [-0.3, -0.25) is 9.59 Å². The molecular formula is C13H14BrN3O2. The minimum absolute atomic E-state index is 0.160. The number of hydrogen-bond acceptors (Lipinski definition) is 3. The van der Waals surface area contributed by atoms with Crippen LogP contribution < -0.4 is 10.7 Å². The fraction of sp³-hybridized carbons (Fsp3) is 0.308. The average molecular weight is 324 g/mol. The number of carbonyl (C=O) groups excluding carboxylic acids is 2. The molecule has 0 aromatic heterocycles. The number of hydrogen-bond donors (Lipinski definition) is 2. The molecule has 0 saturated heterocycles. The van der Waals surface area contributed by atoms with Crippen molar-refractivity contribution in [2.45, 2.75) is 26.7 Å². The van der Waals surface area contributed by atoms with Crippen LogP contribution in [0.4, 0.5) is 5.69 Å². The van der Waals surface area contributed by atoms with Gasteiger partial charge in [-0.25, -0.2) is 5.43 Å². The molecule has 0 aliphatic carbocycles. The smallest absolute Gasteiger partial charge is 0.271 e. The molecule has 2 amide bonds. The van der Waals surface area contributed by atoms with Crippen LogP contribution in [0.2, 0.25) is 0 Å². The van der Waals surface area contributed by atoms with Crippen LogP contribution >= 0.6 is 15.9 Å². The van der Waals surface area contributed by atoms with Gasteiger partial charge in [0.2, 0.25) is 5.91 Å². The minimum Gasteiger partial charge on any atom is -0.321 e. The van der Waals surface area contributed by atoms with Crippen LogP contribution in [0.15, 0.2) is 21.7 Å². The van der Waals surface area contributed by atoms with E-state index < -0.39 is 0 Å². The largest absolute Gasteiger partial charge is 0.321 e. The zero-order valence-corrected chi connectivity index (χ0v) is 12.3. The molecule has 0 fully saturated rings. The predicted octanol–water partition coefficient (Wildman–Crippen LogP) is 2.27. The molecule has 0 radical (unpaired) electrons. The third kappa shape index (κ3) is 3.20. The second kappa shape index (κ2) is 5.52. The first kappa shape index (κ1) is 13.7. The Bertz CT molecular complexity index is 558. The fourth-order valence-corrected chi connectivity index (χ4v) is 2.09. The van der Waals surface area contributed by atoms with Crippen molar-refractivity contribution in [1.29, 1.82) is 0 Å². The van der Waals surface area contributed by atoms with Gasteiger partial charge >= 0.3 is 0 Å². The molecule has 19 heavy (non-hydrogen) atoms. The Morgan fingerprint density at radius 1 is 1.32 bits per heavy atom. The average Bonchev–Trinajstić information content (AvgIpc) is 2.36. The minimum atomic E-state index is -0.277. The van der Waals surface area contributed by atoms with Crippen LogP contribution in [-0.4, -0.2) is 17.5 Å². The van der Waals surface area contributed by atoms with Crippen molar-refractivity contribution >= 4 is 39.1 Å². The number of hydrazone groups is 1. The van der Waals surface area contributed by atoms with E-state index in [4.69, 9.17) is 0 Å². The highest BCUT2D eigenvalue weighted by molar-refractivity contribution is 9.10. The molecule has 0 spiro atoms. The molecule has 5 nitrogen and oxygen atoms in total. The standard InChI is InChI=1S/C13H14BrN3O2/c1-7-5-9(6-8(2)12(7)14)15-13(19)10-3-4-11(18)17-16-10/h5-6H,3-4H2,1-2H3,(H,15,19)(H,17,18). The Kier molecular flexibility index (Phi) is 3.99. The monoisotopic (exact) mass is 323 g/mol. The van der Waals surface area contributed by atoms with Crippen molar-refractivity contribution in [3.8, 4) is 0 Å². The summed E-state index contributed by atoms with van der Waals surface area (Å²) >= 11 is 3.48. The van der Waals surface area contributed by atoms with Crippen LogP contribution in [0.25, 0.3) is 0 Å². The molecule has 2 N–H and O–H groups in total. The maximum Gasteiger partial charge on any atom is 0.271 e. The van der Waals surface area contributed by atoms with E-state index in [2.05, 4.69) is 31.8 Å². The highest BCUT2D eigenvalue weighted by Crippen LogP contribution is 2.25. The summed E-state index contributed by atoms with van der Waals surface area (Å²) in [7, 11) is 0. The first-order valence-electron chi connectivity index (χ1n) is 5.91. The van der Waals surface area contributed by atoms with Crippen molar-refractivity contribution in [1.82, 2.24) is 5.43 Å². The maximum atomic E-state index is 12.0. The quantitative estimate of drug-likeness (QED) is 0.876. The van der Waals surface area contributed by atoms with E-state index in [-0.39, 0.29) is 11.8 Å². The molecule has 1 aliphatic rings. The van der Waals surface area contributed by atoms with E-state index in [1.54, 1.807) is 0 Å². The molecule has 2 rings (SSSR count). The number of rotatable bonds is 2. The number of halogens is 1. The Morgan fingerprint density at radius 2 is 1.95 bits per heavy atom. The van der Waals surface area contributed by atoms with E-state index in [0.717, 1.165) is 21.3 Å². The lowest BCUT2D eigenvalue weighted by Crippen LogP contribution is -2.32. The Hall–Kier alpha value is -1.69. The summed E-state index contributed by atoms with van der Waals surface area (Å²) in [6.07, 6.45) is 0.663. The Morgan fingerprint density at radius 3 is 2.47 bits per heavy atom. The molecule has 1 heterocycles. The summed E-state index contributed by atoms with van der Waals surface area (Å²) in [5, 5.41) is 6.56. The lowest BCUT2D eigenvalue weighted by molar-refractivity contribution is -0.121. The molecule has 100 valence electrons. The number of anilines is 1. The number of nitrogens with zero attached hydrogens (tertiary/aromatic N) is 1. The van der Waals surface area contributed by atoms with Gasteiger partial charge in [-0.05, 0) is 37.1 Å². The normalized spacial score (nSPS) is 14.7. The van der Waals surface area contributed by atoms with Crippen LogP contribution in [0.1, 0.15) is 24.0 Å². The second-order valence-corrected chi connectivity index (χ2v) is 5.26. The molecule has 0 saturated carbocycles. The highest BCUT2D eigenvalue weighted by Gasteiger charge is 2.18. The SMILES string of the molecule is Cc1cc(NC(=O)C2=NNC(=O)CC2)cc(C)c1Br. The first-order chi connectivity index (χ1) is 8.97. The van der Waals surface area contributed by atoms with Gasteiger partial charge < -0.3 is 5.32 Å². The maximum absolute atomic E-state index is 12.0. The lowest BCUT2D eigenvalue weighted by atomic mass is 10.1. The van der Waals surface area contributed by atoms with Crippen LogP contribution in [-0.2, 0) is 9.59 Å². The van der Waals surface area contributed by atoms with Gasteiger partial charge in [0.15, 0.2) is 0 Å². The Balaban J connectivity index is 2.13. The van der Waals surface area contributed by atoms with Gasteiger partial charge in [0, 0.05) is 23.0 Å². The Labute approximate surface area is 119 Å². The summed E-state index contributed by atoms with van der Waals surface area (Å²) < 4.78 is 1.03. The lowest BCUT2D eigenvalue weighted by Gasteiger charge is -2.13. The number of aryl methyl sites for hydroxylation is 2. The molecule has 1 aromatic carbocycles. The molecule has 1 aromatic rings. The van der Waals surface area contributed by atoms with Gasteiger partial charge in [0.05, 0.1) is 0 Å². The summed E-state index contributed by atoms with van der Waals surface area (Å²) in [5.74, 6) is -0.437. The predicted molar refractivity (Wildman–Crippen MR) is 77.1 cm³/mol. The molecular weight excluding hydrogens is 310 g/mol. The number of carbonyl (C=O) groups is 2. The van der Waals surface area contributed by atoms with E-state index >= 15 is 0 Å². The van der Waals surface area contributed by atoms with E-state index in [1.165, 1.54) is 0 Å². The van der Waals surface area contributed by atoms with Crippen molar-refractivity contribution in [2.75, 3.05) is 5.32 Å². The van der Waals surface area contributed by atoms with Crippen LogP contribution in [0, 0.1) is 13.8 Å². The van der Waals surface area contributed by atoms with Crippen LogP contribution in [0.5, 0.6) is 0 Å². The van der Waals surface area contributed by atoms with Crippen molar-refractivity contribution < 1.29 is 9.59 Å². The van der Waals surface area contributed by atoms with Crippen LogP contribution in [0.3, 0.4) is 0 Å². The number of benzene rings is 1. The second-order valence-electron chi connectivity index (χ2n) is 4.47. The summed E-state index contributed by atoms with van der Waals surface area (Å²) in [6, 6.07) is 3.77. The molecule has 0 atom stereocenters.